The number of hydrogen-bond donors (Lipinski definition) is 1. The predicted molar refractivity (Wildman–Crippen MR) is 94.6 cm³/mol. The number of carbonyl (C=O) groups is 2. The van der Waals surface area contributed by atoms with Crippen LogP contribution in [-0.2, 0) is 11.3 Å². The number of nitrogens with zero attached hydrogens (tertiary/aromatic N) is 4. The van der Waals surface area contributed by atoms with Crippen molar-refractivity contribution in [3.8, 4) is 0 Å². The maximum absolute atomic E-state index is 12.5. The van der Waals surface area contributed by atoms with E-state index >= 15 is 0 Å². The topological polar surface area (TPSA) is 78.4 Å². The first-order chi connectivity index (χ1) is 12.0. The molecule has 0 spiro atoms. The quantitative estimate of drug-likeness (QED) is 0.883. The van der Waals surface area contributed by atoms with Crippen LogP contribution in [-0.4, -0.2) is 46.4 Å². The van der Waals surface area contributed by atoms with Crippen LogP contribution >= 0.6 is 23.2 Å². The standard InChI is InChI=1S/C16H15Cl2N5O2/c1-22-14(8-23(16(22)25)12-6-19-9-20-7-12)15(24)21-5-10-2-3-11(17)4-13(10)18/h2-4,6-7,9,14H,5,8H2,1H3,(H,21,24)/t14-/m0/s1. The van der Waals surface area contributed by atoms with E-state index in [4.69, 9.17) is 23.2 Å². The normalized spacial score (nSPS) is 17.1. The van der Waals surface area contributed by atoms with Gasteiger partial charge in [-0.3, -0.25) is 9.69 Å². The number of likely N-dealkylation sites (N-methyl/N-ethyl adjacent to an activating group) is 1. The third-order valence-corrected chi connectivity index (χ3v) is 4.57. The maximum Gasteiger partial charge on any atom is 0.325 e. The molecular formula is C16H15Cl2N5O2. The van der Waals surface area contributed by atoms with Crippen LogP contribution in [0.5, 0.6) is 0 Å². The van der Waals surface area contributed by atoms with Gasteiger partial charge >= 0.3 is 6.03 Å². The van der Waals surface area contributed by atoms with E-state index in [9.17, 15) is 9.59 Å². The molecule has 0 unspecified atom stereocenters. The van der Waals surface area contributed by atoms with Crippen LogP contribution in [0.4, 0.5) is 10.5 Å². The molecule has 0 bridgehead atoms. The van der Waals surface area contributed by atoms with E-state index in [1.54, 1.807) is 25.2 Å². The highest BCUT2D eigenvalue weighted by molar-refractivity contribution is 6.35. The number of aromatic nitrogens is 2. The summed E-state index contributed by atoms with van der Waals surface area (Å²) in [6.45, 7) is 0.477. The van der Waals surface area contributed by atoms with E-state index in [1.807, 2.05) is 0 Å². The molecule has 0 aliphatic carbocycles. The van der Waals surface area contributed by atoms with Gasteiger partial charge in [-0.25, -0.2) is 14.8 Å². The fraction of sp³-hybridized carbons (Fsp3) is 0.250. The number of rotatable bonds is 4. The molecule has 1 fully saturated rings. The van der Waals surface area contributed by atoms with Gasteiger partial charge in [0.1, 0.15) is 12.4 Å². The minimum Gasteiger partial charge on any atom is -0.350 e. The van der Waals surface area contributed by atoms with Crippen LogP contribution in [0.2, 0.25) is 10.0 Å². The van der Waals surface area contributed by atoms with Crippen molar-refractivity contribution in [2.24, 2.45) is 0 Å². The van der Waals surface area contributed by atoms with E-state index < -0.39 is 6.04 Å². The van der Waals surface area contributed by atoms with Crippen molar-refractivity contribution in [3.05, 3.63) is 52.5 Å². The van der Waals surface area contributed by atoms with Gasteiger partial charge in [0, 0.05) is 23.6 Å². The van der Waals surface area contributed by atoms with Crippen molar-refractivity contribution in [2.45, 2.75) is 12.6 Å². The summed E-state index contributed by atoms with van der Waals surface area (Å²) in [6.07, 6.45) is 4.45. The lowest BCUT2D eigenvalue weighted by Crippen LogP contribution is -2.43. The van der Waals surface area contributed by atoms with Crippen molar-refractivity contribution in [2.75, 3.05) is 18.5 Å². The monoisotopic (exact) mass is 379 g/mol. The molecular weight excluding hydrogens is 365 g/mol. The Bertz CT molecular complexity index is 802. The fourth-order valence-corrected chi connectivity index (χ4v) is 3.04. The Balaban J connectivity index is 1.67. The van der Waals surface area contributed by atoms with Crippen molar-refractivity contribution < 1.29 is 9.59 Å². The smallest absolute Gasteiger partial charge is 0.325 e. The summed E-state index contributed by atoms with van der Waals surface area (Å²) in [6, 6.07) is 4.19. The zero-order chi connectivity index (χ0) is 18.0. The first-order valence-electron chi connectivity index (χ1n) is 7.48. The third kappa shape index (κ3) is 3.67. The van der Waals surface area contributed by atoms with E-state index in [2.05, 4.69) is 15.3 Å². The summed E-state index contributed by atoms with van der Waals surface area (Å²) in [4.78, 5) is 35.5. The van der Waals surface area contributed by atoms with Crippen LogP contribution in [0, 0.1) is 0 Å². The summed E-state index contributed by atoms with van der Waals surface area (Å²) < 4.78 is 0. The molecule has 1 aromatic carbocycles. The maximum atomic E-state index is 12.5. The molecule has 0 saturated carbocycles. The van der Waals surface area contributed by atoms with E-state index in [0.29, 0.717) is 15.7 Å². The van der Waals surface area contributed by atoms with Crippen LogP contribution in [0.3, 0.4) is 0 Å². The largest absolute Gasteiger partial charge is 0.350 e. The first-order valence-corrected chi connectivity index (χ1v) is 8.24. The van der Waals surface area contributed by atoms with Crippen molar-refractivity contribution >= 4 is 40.8 Å². The Morgan fingerprint density at radius 3 is 2.72 bits per heavy atom. The van der Waals surface area contributed by atoms with Gasteiger partial charge in [0.2, 0.25) is 5.91 Å². The average molecular weight is 380 g/mol. The lowest BCUT2D eigenvalue weighted by atomic mass is 10.2. The van der Waals surface area contributed by atoms with Gasteiger partial charge in [-0.2, -0.15) is 0 Å². The zero-order valence-electron chi connectivity index (χ0n) is 13.3. The lowest BCUT2D eigenvalue weighted by molar-refractivity contribution is -0.124. The predicted octanol–water partition coefficient (Wildman–Crippen LogP) is 2.34. The number of benzene rings is 1. The Morgan fingerprint density at radius 2 is 2.04 bits per heavy atom. The molecule has 2 aromatic rings. The number of nitrogens with one attached hydrogen (secondary N) is 1. The first kappa shape index (κ1) is 17.4. The molecule has 1 aliphatic rings. The molecule has 130 valence electrons. The van der Waals surface area contributed by atoms with Crippen LogP contribution < -0.4 is 10.2 Å². The molecule has 7 nitrogen and oxygen atoms in total. The van der Waals surface area contributed by atoms with Gasteiger partial charge in [0.25, 0.3) is 0 Å². The summed E-state index contributed by atoms with van der Waals surface area (Å²) in [5.41, 5.74) is 1.30. The van der Waals surface area contributed by atoms with E-state index in [-0.39, 0.29) is 25.0 Å². The van der Waals surface area contributed by atoms with Gasteiger partial charge in [0.05, 0.1) is 24.6 Å². The molecule has 2 heterocycles. The highest BCUT2D eigenvalue weighted by Crippen LogP contribution is 2.23. The van der Waals surface area contributed by atoms with Gasteiger partial charge in [-0.05, 0) is 17.7 Å². The SMILES string of the molecule is CN1C(=O)N(c2cncnc2)C[C@H]1C(=O)NCc1ccc(Cl)cc1Cl. The fourth-order valence-electron chi connectivity index (χ4n) is 2.57. The number of carbonyl (C=O) groups excluding carboxylic acids is 2. The van der Waals surface area contributed by atoms with Crippen LogP contribution in [0.15, 0.2) is 36.9 Å². The average Bonchev–Trinajstić information content (AvgIpc) is 2.90. The molecule has 0 radical (unpaired) electrons. The summed E-state index contributed by atoms with van der Waals surface area (Å²) in [7, 11) is 1.59. The third-order valence-electron chi connectivity index (χ3n) is 3.99. The molecule has 3 rings (SSSR count). The number of anilines is 1. The molecule has 1 aliphatic heterocycles. The molecule has 1 aromatic heterocycles. The van der Waals surface area contributed by atoms with Crippen molar-refractivity contribution in [1.82, 2.24) is 20.2 Å². The van der Waals surface area contributed by atoms with Gasteiger partial charge < -0.3 is 10.2 Å². The number of urea groups is 1. The molecule has 3 amide bonds. The number of halogens is 2. The minimum atomic E-state index is -0.612. The molecule has 1 atom stereocenters. The Kier molecular flexibility index (Phi) is 5.06. The summed E-state index contributed by atoms with van der Waals surface area (Å²) >= 11 is 12.0. The highest BCUT2D eigenvalue weighted by atomic mass is 35.5. The van der Waals surface area contributed by atoms with Gasteiger partial charge in [-0.15, -0.1) is 0 Å². The van der Waals surface area contributed by atoms with Gasteiger partial charge in [-0.1, -0.05) is 29.3 Å². The summed E-state index contributed by atoms with van der Waals surface area (Å²) in [5, 5.41) is 3.81. The van der Waals surface area contributed by atoms with Crippen molar-refractivity contribution in [3.63, 3.8) is 0 Å². The lowest BCUT2D eigenvalue weighted by Gasteiger charge is -2.17. The molecule has 1 N–H and O–H groups in total. The molecule has 25 heavy (non-hydrogen) atoms. The summed E-state index contributed by atoms with van der Waals surface area (Å²) in [5.74, 6) is -0.263. The van der Waals surface area contributed by atoms with E-state index in [1.165, 1.54) is 28.5 Å². The molecule has 9 heteroatoms. The zero-order valence-corrected chi connectivity index (χ0v) is 14.8. The number of hydrogen-bond acceptors (Lipinski definition) is 4. The second kappa shape index (κ2) is 7.25. The Morgan fingerprint density at radius 1 is 1.32 bits per heavy atom. The Hall–Kier alpha value is -2.38. The molecule has 1 saturated heterocycles. The van der Waals surface area contributed by atoms with Crippen LogP contribution in [0.25, 0.3) is 0 Å². The van der Waals surface area contributed by atoms with Crippen molar-refractivity contribution in [1.29, 1.82) is 0 Å². The second-order valence-electron chi connectivity index (χ2n) is 5.57. The Labute approximate surface area is 154 Å². The number of amides is 3. The second-order valence-corrected chi connectivity index (χ2v) is 6.41. The minimum absolute atomic E-state index is 0.225. The highest BCUT2D eigenvalue weighted by Gasteiger charge is 2.39. The van der Waals surface area contributed by atoms with Gasteiger partial charge in [0.15, 0.2) is 0 Å². The van der Waals surface area contributed by atoms with Crippen LogP contribution in [0.1, 0.15) is 5.56 Å². The van der Waals surface area contributed by atoms with E-state index in [0.717, 1.165) is 5.56 Å².